The van der Waals surface area contributed by atoms with Gasteiger partial charge in [-0.2, -0.15) is 0 Å². The van der Waals surface area contributed by atoms with Gasteiger partial charge in [-0.3, -0.25) is 0 Å². The fraction of sp³-hybridized carbons (Fsp3) is 0.235. The van der Waals surface area contributed by atoms with Crippen LogP contribution in [0.15, 0.2) is 48.5 Å². The van der Waals surface area contributed by atoms with E-state index < -0.39 is 5.97 Å². The van der Waals surface area contributed by atoms with Gasteiger partial charge in [0.2, 0.25) is 0 Å². The van der Waals surface area contributed by atoms with Crippen LogP contribution in [0.4, 0.5) is 5.69 Å². The summed E-state index contributed by atoms with van der Waals surface area (Å²) < 4.78 is 0. The molecular formula is C17H18ClNO2. The minimum Gasteiger partial charge on any atom is -0.478 e. The highest BCUT2D eigenvalue weighted by molar-refractivity contribution is 6.30. The lowest BCUT2D eigenvalue weighted by molar-refractivity contribution is 0.0697. The number of carboxylic acid groups (broad SMARTS) is 1. The van der Waals surface area contributed by atoms with Crippen molar-refractivity contribution >= 4 is 23.3 Å². The first-order valence-corrected chi connectivity index (χ1v) is 7.33. The second-order valence-electron chi connectivity index (χ2n) is 4.92. The number of anilines is 1. The summed E-state index contributed by atoms with van der Waals surface area (Å²) in [5, 5.41) is 13.2. The fourth-order valence-corrected chi connectivity index (χ4v) is 2.38. The Labute approximate surface area is 129 Å². The van der Waals surface area contributed by atoms with Crippen molar-refractivity contribution in [3.05, 3.63) is 64.7 Å². The van der Waals surface area contributed by atoms with Crippen molar-refractivity contribution in [3.63, 3.8) is 0 Å². The molecule has 0 aliphatic carbocycles. The first-order chi connectivity index (χ1) is 10.1. The zero-order valence-electron chi connectivity index (χ0n) is 11.8. The van der Waals surface area contributed by atoms with E-state index in [1.165, 1.54) is 0 Å². The maximum Gasteiger partial charge on any atom is 0.335 e. The molecule has 2 N–H and O–H groups in total. The summed E-state index contributed by atoms with van der Waals surface area (Å²) in [6.07, 6.45) is 1.98. The Hall–Kier alpha value is -2.00. The molecule has 0 saturated carbocycles. The van der Waals surface area contributed by atoms with Crippen LogP contribution in [-0.2, 0) is 0 Å². The van der Waals surface area contributed by atoms with Crippen molar-refractivity contribution in [1.82, 2.24) is 0 Å². The first-order valence-electron chi connectivity index (χ1n) is 6.95. The van der Waals surface area contributed by atoms with Crippen molar-refractivity contribution in [2.75, 3.05) is 5.32 Å². The second kappa shape index (κ2) is 7.14. The van der Waals surface area contributed by atoms with Crippen LogP contribution in [0.1, 0.15) is 41.7 Å². The largest absolute Gasteiger partial charge is 0.478 e. The van der Waals surface area contributed by atoms with E-state index in [4.69, 9.17) is 16.7 Å². The van der Waals surface area contributed by atoms with E-state index in [0.717, 1.165) is 24.1 Å². The molecule has 2 aromatic carbocycles. The van der Waals surface area contributed by atoms with Crippen LogP contribution in [0.2, 0.25) is 5.02 Å². The predicted molar refractivity (Wildman–Crippen MR) is 86.1 cm³/mol. The van der Waals surface area contributed by atoms with Crippen molar-refractivity contribution < 1.29 is 9.90 Å². The summed E-state index contributed by atoms with van der Waals surface area (Å²) in [4.78, 5) is 11.0. The first kappa shape index (κ1) is 15.4. The molecule has 0 aromatic heterocycles. The van der Waals surface area contributed by atoms with Crippen molar-refractivity contribution in [2.45, 2.75) is 25.8 Å². The molecule has 2 rings (SSSR count). The molecule has 3 nitrogen and oxygen atoms in total. The minimum absolute atomic E-state index is 0.135. The van der Waals surface area contributed by atoms with Crippen LogP contribution in [0.25, 0.3) is 0 Å². The van der Waals surface area contributed by atoms with Crippen molar-refractivity contribution in [3.8, 4) is 0 Å². The normalized spacial score (nSPS) is 11.9. The predicted octanol–water partition coefficient (Wildman–Crippen LogP) is 4.99. The molecule has 1 unspecified atom stereocenters. The molecule has 0 saturated heterocycles. The van der Waals surface area contributed by atoms with Gasteiger partial charge in [-0.05, 0) is 42.3 Å². The third-order valence-electron chi connectivity index (χ3n) is 3.30. The third kappa shape index (κ3) is 4.23. The standard InChI is InChI=1S/C17H18ClNO2/c1-2-4-16(12-7-9-14(18)10-8-12)19-15-6-3-5-13(11-15)17(20)21/h3,5-11,16,19H,2,4H2,1H3,(H,20,21). The molecule has 0 spiro atoms. The highest BCUT2D eigenvalue weighted by Crippen LogP contribution is 2.25. The molecule has 0 aliphatic heterocycles. The van der Waals surface area contributed by atoms with Gasteiger partial charge in [0.25, 0.3) is 0 Å². The topological polar surface area (TPSA) is 49.3 Å². The zero-order chi connectivity index (χ0) is 15.2. The summed E-state index contributed by atoms with van der Waals surface area (Å²) in [6.45, 7) is 2.12. The summed E-state index contributed by atoms with van der Waals surface area (Å²) in [5.41, 5.74) is 2.23. The van der Waals surface area contributed by atoms with Crippen molar-refractivity contribution in [1.29, 1.82) is 0 Å². The Morgan fingerprint density at radius 3 is 2.57 bits per heavy atom. The molecule has 110 valence electrons. The molecular weight excluding hydrogens is 286 g/mol. The molecule has 0 radical (unpaired) electrons. The Morgan fingerprint density at radius 2 is 1.95 bits per heavy atom. The van der Waals surface area contributed by atoms with Gasteiger partial charge < -0.3 is 10.4 Å². The number of hydrogen-bond donors (Lipinski definition) is 2. The number of halogens is 1. The molecule has 0 bridgehead atoms. The Balaban J connectivity index is 2.21. The van der Waals surface area contributed by atoms with Crippen LogP contribution in [0, 0.1) is 0 Å². The van der Waals surface area contributed by atoms with Gasteiger partial charge in [0, 0.05) is 10.7 Å². The van der Waals surface area contributed by atoms with Gasteiger partial charge in [-0.1, -0.05) is 43.1 Å². The van der Waals surface area contributed by atoms with E-state index in [1.54, 1.807) is 18.2 Å². The van der Waals surface area contributed by atoms with E-state index in [2.05, 4.69) is 12.2 Å². The van der Waals surface area contributed by atoms with Crippen LogP contribution in [-0.4, -0.2) is 11.1 Å². The minimum atomic E-state index is -0.919. The second-order valence-corrected chi connectivity index (χ2v) is 5.36. The smallest absolute Gasteiger partial charge is 0.335 e. The molecule has 2 aromatic rings. The zero-order valence-corrected chi connectivity index (χ0v) is 12.6. The molecule has 21 heavy (non-hydrogen) atoms. The van der Waals surface area contributed by atoms with Gasteiger partial charge in [-0.25, -0.2) is 4.79 Å². The van der Waals surface area contributed by atoms with Crippen LogP contribution in [0.5, 0.6) is 0 Å². The lowest BCUT2D eigenvalue weighted by Crippen LogP contribution is -2.11. The lowest BCUT2D eigenvalue weighted by Gasteiger charge is -2.20. The Kier molecular flexibility index (Phi) is 5.23. The molecule has 0 heterocycles. The summed E-state index contributed by atoms with van der Waals surface area (Å²) in [6, 6.07) is 14.7. The number of nitrogens with one attached hydrogen (secondary N) is 1. The molecule has 1 atom stereocenters. The SMILES string of the molecule is CCCC(Nc1cccc(C(=O)O)c1)c1ccc(Cl)cc1. The van der Waals surface area contributed by atoms with E-state index >= 15 is 0 Å². The average molecular weight is 304 g/mol. The summed E-state index contributed by atoms with van der Waals surface area (Å²) in [7, 11) is 0. The van der Waals surface area contributed by atoms with E-state index in [1.807, 2.05) is 30.3 Å². The van der Waals surface area contributed by atoms with Crippen LogP contribution in [0.3, 0.4) is 0 Å². The monoisotopic (exact) mass is 303 g/mol. The van der Waals surface area contributed by atoms with Crippen LogP contribution >= 0.6 is 11.6 Å². The number of carbonyl (C=O) groups is 1. The third-order valence-corrected chi connectivity index (χ3v) is 3.55. The number of benzene rings is 2. The maximum absolute atomic E-state index is 11.0. The molecule has 0 aliphatic rings. The Bertz CT molecular complexity index is 610. The number of hydrogen-bond acceptors (Lipinski definition) is 2. The highest BCUT2D eigenvalue weighted by atomic mass is 35.5. The highest BCUT2D eigenvalue weighted by Gasteiger charge is 2.11. The summed E-state index contributed by atoms with van der Waals surface area (Å²) in [5.74, 6) is -0.919. The molecule has 0 amide bonds. The van der Waals surface area contributed by atoms with Gasteiger partial charge >= 0.3 is 5.97 Å². The van der Waals surface area contributed by atoms with E-state index in [9.17, 15) is 4.79 Å². The molecule has 0 fully saturated rings. The van der Waals surface area contributed by atoms with Gasteiger partial charge in [0.05, 0.1) is 11.6 Å². The lowest BCUT2D eigenvalue weighted by atomic mass is 10.0. The Morgan fingerprint density at radius 1 is 1.24 bits per heavy atom. The quantitative estimate of drug-likeness (QED) is 0.790. The summed E-state index contributed by atoms with van der Waals surface area (Å²) >= 11 is 5.92. The maximum atomic E-state index is 11.0. The van der Waals surface area contributed by atoms with Gasteiger partial charge in [0.1, 0.15) is 0 Å². The van der Waals surface area contributed by atoms with Crippen LogP contribution < -0.4 is 5.32 Å². The molecule has 4 heteroatoms. The number of rotatable bonds is 6. The van der Waals surface area contributed by atoms with E-state index in [-0.39, 0.29) is 11.6 Å². The van der Waals surface area contributed by atoms with Crippen molar-refractivity contribution in [2.24, 2.45) is 0 Å². The fourth-order valence-electron chi connectivity index (χ4n) is 2.25. The van der Waals surface area contributed by atoms with E-state index in [0.29, 0.717) is 5.02 Å². The van der Waals surface area contributed by atoms with Gasteiger partial charge in [-0.15, -0.1) is 0 Å². The number of aromatic carboxylic acids is 1. The van der Waals surface area contributed by atoms with Gasteiger partial charge in [0.15, 0.2) is 0 Å². The number of carboxylic acids is 1. The average Bonchev–Trinajstić information content (AvgIpc) is 2.48.